The third-order valence-electron chi connectivity index (χ3n) is 5.00. The van der Waals surface area contributed by atoms with Crippen LogP contribution in [0.25, 0.3) is 0 Å². The van der Waals surface area contributed by atoms with Crippen LogP contribution in [0.5, 0.6) is 0 Å². The first-order chi connectivity index (χ1) is 14.5. The Morgan fingerprint density at radius 3 is 2.73 bits per heavy atom. The second-order valence-corrected chi connectivity index (χ2v) is 7.66. The highest BCUT2D eigenvalue weighted by atomic mass is 16.5. The standard InChI is InChI=1S/C23H32N2O5/c1-17(15-26)24-21(27)14-19-12-6-3-2-4-9-13-22(28)30-16-20(25-23(19)29)18-10-7-5-8-11-18/h3,5-8,10-11,17,19-20,26H,2,4,9,12-16H2,1H3,(H,24,27)(H,25,29)/t17-,19+,20+/m0/s1. The molecule has 30 heavy (non-hydrogen) atoms. The molecule has 164 valence electrons. The SMILES string of the molecule is C[C@@H](CO)NC(=O)C[C@H]1CC=CCCCCC(=O)OC[C@H](c2ccccc2)NC1=O. The first-order valence-corrected chi connectivity index (χ1v) is 10.6. The van der Waals surface area contributed by atoms with Crippen LogP contribution in [0.4, 0.5) is 0 Å². The molecule has 1 aliphatic rings. The van der Waals surface area contributed by atoms with Gasteiger partial charge in [-0.2, -0.15) is 0 Å². The zero-order valence-electron chi connectivity index (χ0n) is 17.5. The van der Waals surface area contributed by atoms with Gasteiger partial charge in [-0.15, -0.1) is 0 Å². The van der Waals surface area contributed by atoms with E-state index in [2.05, 4.69) is 10.6 Å². The first kappa shape index (κ1) is 23.6. The zero-order valence-corrected chi connectivity index (χ0v) is 17.5. The van der Waals surface area contributed by atoms with Crippen molar-refractivity contribution in [3.63, 3.8) is 0 Å². The number of amides is 2. The summed E-state index contributed by atoms with van der Waals surface area (Å²) in [5, 5.41) is 14.8. The molecule has 0 aliphatic carbocycles. The van der Waals surface area contributed by atoms with E-state index in [9.17, 15) is 14.4 Å². The molecule has 1 aromatic carbocycles. The minimum Gasteiger partial charge on any atom is -0.463 e. The Balaban J connectivity index is 2.17. The smallest absolute Gasteiger partial charge is 0.305 e. The van der Waals surface area contributed by atoms with Crippen LogP contribution in [0.2, 0.25) is 0 Å². The molecule has 0 saturated carbocycles. The van der Waals surface area contributed by atoms with E-state index in [-0.39, 0.29) is 43.5 Å². The van der Waals surface area contributed by atoms with Crippen molar-refractivity contribution in [1.29, 1.82) is 0 Å². The Morgan fingerprint density at radius 1 is 1.23 bits per heavy atom. The number of aliphatic hydroxyl groups excluding tert-OH is 1. The Hall–Kier alpha value is -2.67. The van der Waals surface area contributed by atoms with Crippen LogP contribution in [-0.4, -0.2) is 42.1 Å². The molecule has 1 heterocycles. The molecule has 2 rings (SSSR count). The molecule has 1 aliphatic heterocycles. The van der Waals surface area contributed by atoms with Crippen molar-refractivity contribution in [2.45, 2.75) is 57.5 Å². The Labute approximate surface area is 177 Å². The van der Waals surface area contributed by atoms with E-state index in [0.29, 0.717) is 12.8 Å². The highest BCUT2D eigenvalue weighted by Crippen LogP contribution is 2.18. The lowest BCUT2D eigenvalue weighted by Gasteiger charge is -2.23. The molecule has 0 radical (unpaired) electrons. The molecule has 0 spiro atoms. The van der Waals surface area contributed by atoms with Gasteiger partial charge in [0.15, 0.2) is 0 Å². The van der Waals surface area contributed by atoms with E-state index < -0.39 is 12.0 Å². The summed E-state index contributed by atoms with van der Waals surface area (Å²) in [5.41, 5.74) is 0.832. The van der Waals surface area contributed by atoms with E-state index in [0.717, 1.165) is 24.8 Å². The van der Waals surface area contributed by atoms with Gasteiger partial charge in [-0.1, -0.05) is 42.5 Å². The van der Waals surface area contributed by atoms with Gasteiger partial charge in [0.2, 0.25) is 11.8 Å². The lowest BCUT2D eigenvalue weighted by atomic mass is 9.97. The molecule has 0 unspecified atom stereocenters. The van der Waals surface area contributed by atoms with E-state index in [1.165, 1.54) is 0 Å². The summed E-state index contributed by atoms with van der Waals surface area (Å²) < 4.78 is 5.41. The minimum absolute atomic E-state index is 0.0157. The number of benzene rings is 1. The first-order valence-electron chi connectivity index (χ1n) is 10.6. The summed E-state index contributed by atoms with van der Waals surface area (Å²) in [6, 6.07) is 8.47. The lowest BCUT2D eigenvalue weighted by Crippen LogP contribution is -2.40. The van der Waals surface area contributed by atoms with Gasteiger partial charge in [0.05, 0.1) is 18.6 Å². The molecular weight excluding hydrogens is 384 g/mol. The fraction of sp³-hybridized carbons (Fsp3) is 0.522. The van der Waals surface area contributed by atoms with Crippen molar-refractivity contribution in [2.75, 3.05) is 13.2 Å². The molecule has 0 fully saturated rings. The Kier molecular flexibility index (Phi) is 10.1. The summed E-state index contributed by atoms with van der Waals surface area (Å²) in [4.78, 5) is 37.4. The van der Waals surface area contributed by atoms with E-state index in [4.69, 9.17) is 9.84 Å². The highest BCUT2D eigenvalue weighted by molar-refractivity contribution is 5.86. The molecule has 3 atom stereocenters. The molecule has 2 amide bonds. The van der Waals surface area contributed by atoms with Gasteiger partial charge in [0.1, 0.15) is 6.61 Å². The van der Waals surface area contributed by atoms with Crippen LogP contribution in [0.1, 0.15) is 57.1 Å². The molecule has 0 saturated heterocycles. The van der Waals surface area contributed by atoms with Gasteiger partial charge in [-0.25, -0.2) is 0 Å². The maximum atomic E-state index is 13.0. The van der Waals surface area contributed by atoms with Crippen molar-refractivity contribution < 1.29 is 24.2 Å². The maximum absolute atomic E-state index is 13.0. The number of ether oxygens (including phenoxy) is 1. The minimum atomic E-state index is -0.558. The Morgan fingerprint density at radius 2 is 2.00 bits per heavy atom. The second-order valence-electron chi connectivity index (χ2n) is 7.66. The number of aliphatic hydroxyl groups is 1. The normalized spacial score (nSPS) is 22.3. The fourth-order valence-corrected chi connectivity index (χ4v) is 3.24. The zero-order chi connectivity index (χ0) is 21.8. The van der Waals surface area contributed by atoms with Crippen LogP contribution < -0.4 is 10.6 Å². The third-order valence-corrected chi connectivity index (χ3v) is 5.00. The predicted molar refractivity (Wildman–Crippen MR) is 113 cm³/mol. The molecule has 3 N–H and O–H groups in total. The second kappa shape index (κ2) is 12.8. The number of hydrogen-bond donors (Lipinski definition) is 3. The molecule has 7 heteroatoms. The van der Waals surface area contributed by atoms with Crippen LogP contribution in [-0.2, 0) is 19.1 Å². The Bertz CT molecular complexity index is 720. The van der Waals surface area contributed by atoms with Gasteiger partial charge in [0.25, 0.3) is 0 Å². The van der Waals surface area contributed by atoms with E-state index >= 15 is 0 Å². The maximum Gasteiger partial charge on any atom is 0.305 e. The third kappa shape index (κ3) is 8.37. The molecule has 7 nitrogen and oxygen atoms in total. The molecular formula is C23H32N2O5. The quantitative estimate of drug-likeness (QED) is 0.505. The van der Waals surface area contributed by atoms with Gasteiger partial charge in [-0.05, 0) is 38.2 Å². The van der Waals surface area contributed by atoms with E-state index in [1.54, 1.807) is 6.92 Å². The van der Waals surface area contributed by atoms with Crippen LogP contribution in [0.3, 0.4) is 0 Å². The van der Waals surface area contributed by atoms with Gasteiger partial charge < -0.3 is 20.5 Å². The van der Waals surface area contributed by atoms with Gasteiger partial charge in [-0.3, -0.25) is 14.4 Å². The van der Waals surface area contributed by atoms with Crippen molar-refractivity contribution >= 4 is 17.8 Å². The number of nitrogens with one attached hydrogen (secondary N) is 2. The van der Waals surface area contributed by atoms with Crippen LogP contribution in [0.15, 0.2) is 42.5 Å². The molecule has 1 aromatic rings. The number of carbonyl (C=O) groups excluding carboxylic acids is 3. The predicted octanol–water partition coefficient (Wildman–Crippen LogP) is 2.41. The van der Waals surface area contributed by atoms with Crippen molar-refractivity contribution in [2.24, 2.45) is 5.92 Å². The average molecular weight is 417 g/mol. The van der Waals surface area contributed by atoms with Crippen LogP contribution in [0, 0.1) is 5.92 Å². The lowest BCUT2D eigenvalue weighted by molar-refractivity contribution is -0.145. The number of allylic oxidation sites excluding steroid dienone is 2. The topological polar surface area (TPSA) is 105 Å². The van der Waals surface area contributed by atoms with Gasteiger partial charge >= 0.3 is 5.97 Å². The van der Waals surface area contributed by atoms with Crippen molar-refractivity contribution in [1.82, 2.24) is 10.6 Å². The van der Waals surface area contributed by atoms with E-state index in [1.807, 2.05) is 42.5 Å². The molecule has 0 bridgehead atoms. The van der Waals surface area contributed by atoms with Crippen molar-refractivity contribution in [3.8, 4) is 0 Å². The summed E-state index contributed by atoms with van der Waals surface area (Å²) >= 11 is 0. The summed E-state index contributed by atoms with van der Waals surface area (Å²) in [5.74, 6) is -1.39. The number of cyclic esters (lactones) is 1. The largest absolute Gasteiger partial charge is 0.463 e. The summed E-state index contributed by atoms with van der Waals surface area (Å²) in [7, 11) is 0. The molecule has 0 aromatic heterocycles. The number of esters is 1. The number of hydrogen-bond acceptors (Lipinski definition) is 5. The van der Waals surface area contributed by atoms with Crippen LogP contribution >= 0.6 is 0 Å². The fourth-order valence-electron chi connectivity index (χ4n) is 3.24. The summed E-state index contributed by atoms with van der Waals surface area (Å²) in [6.07, 6.45) is 7.14. The monoisotopic (exact) mass is 416 g/mol. The summed E-state index contributed by atoms with van der Waals surface area (Å²) in [6.45, 7) is 1.58. The highest BCUT2D eigenvalue weighted by Gasteiger charge is 2.25. The number of carbonyl (C=O) groups is 3. The van der Waals surface area contributed by atoms with Crippen molar-refractivity contribution in [3.05, 3.63) is 48.0 Å². The van der Waals surface area contributed by atoms with Gasteiger partial charge in [0, 0.05) is 18.9 Å². The number of rotatable bonds is 5. The average Bonchev–Trinajstić information content (AvgIpc) is 2.74.